The Labute approximate surface area is 148 Å². The lowest BCUT2D eigenvalue weighted by atomic mass is 10.1. The number of hydrogen-bond donors (Lipinski definition) is 2. The molecule has 1 aromatic rings. The largest absolute Gasteiger partial charge is 0.333 e. The number of aryl methyl sites for hydroxylation is 1. The summed E-state index contributed by atoms with van der Waals surface area (Å²) in [6.07, 6.45) is 1.65. The van der Waals surface area contributed by atoms with E-state index in [0.717, 1.165) is 18.4 Å². The Morgan fingerprint density at radius 3 is 2.80 bits per heavy atom. The molecule has 0 spiro atoms. The molecule has 2 aliphatic rings. The summed E-state index contributed by atoms with van der Waals surface area (Å²) >= 11 is 0. The summed E-state index contributed by atoms with van der Waals surface area (Å²) in [6, 6.07) is 7.33. The van der Waals surface area contributed by atoms with Gasteiger partial charge in [0.15, 0.2) is 12.0 Å². The monoisotopic (exact) mass is 343 g/mol. The van der Waals surface area contributed by atoms with Gasteiger partial charge < -0.3 is 15.1 Å². The van der Waals surface area contributed by atoms with Gasteiger partial charge in [0.25, 0.3) is 5.91 Å². The summed E-state index contributed by atoms with van der Waals surface area (Å²) in [7, 11) is 1.69. The minimum atomic E-state index is -0.483. The molecular weight excluding hydrogens is 318 g/mol. The van der Waals surface area contributed by atoms with Crippen LogP contribution in [0.2, 0.25) is 0 Å². The Hall–Kier alpha value is -2.57. The first kappa shape index (κ1) is 17.3. The molecule has 134 valence electrons. The van der Waals surface area contributed by atoms with E-state index >= 15 is 0 Å². The molecule has 2 unspecified atom stereocenters. The quantitative estimate of drug-likeness (QED) is 0.793. The number of unbranched alkanes of at least 4 members (excludes halogenated alkanes) is 1. The van der Waals surface area contributed by atoms with Crippen LogP contribution in [0.1, 0.15) is 30.9 Å². The summed E-state index contributed by atoms with van der Waals surface area (Å²) in [5.74, 6) is 0.399. The maximum absolute atomic E-state index is 12.5. The number of nitrogens with zero attached hydrogens (tertiary/aromatic N) is 3. The van der Waals surface area contributed by atoms with Crippen molar-refractivity contribution < 1.29 is 9.59 Å². The second-order valence-corrected chi connectivity index (χ2v) is 6.62. The molecule has 0 saturated carbocycles. The molecule has 3 amide bonds. The topological polar surface area (TPSA) is 77.0 Å². The maximum Gasteiger partial charge on any atom is 0.325 e. The Kier molecular flexibility index (Phi) is 4.92. The average molecular weight is 343 g/mol. The highest BCUT2D eigenvalue weighted by Gasteiger charge is 2.49. The fourth-order valence-corrected chi connectivity index (χ4v) is 3.24. The Bertz CT molecular complexity index is 702. The maximum atomic E-state index is 12.5. The highest BCUT2D eigenvalue weighted by atomic mass is 16.2. The van der Waals surface area contributed by atoms with Gasteiger partial charge in [-0.3, -0.25) is 15.1 Å². The number of hydrogen-bond acceptors (Lipinski definition) is 3. The third-order valence-electron chi connectivity index (χ3n) is 4.63. The van der Waals surface area contributed by atoms with E-state index in [1.807, 2.05) is 30.0 Å². The second kappa shape index (κ2) is 7.13. The Morgan fingerprint density at radius 1 is 1.28 bits per heavy atom. The number of urea groups is 1. The lowest BCUT2D eigenvalue weighted by molar-refractivity contribution is -0.127. The van der Waals surface area contributed by atoms with E-state index in [1.165, 1.54) is 10.5 Å². The molecule has 7 heteroatoms. The van der Waals surface area contributed by atoms with Crippen molar-refractivity contribution in [1.82, 2.24) is 20.4 Å². The van der Waals surface area contributed by atoms with Crippen molar-refractivity contribution in [2.24, 2.45) is 4.99 Å². The number of guanidine groups is 1. The zero-order valence-corrected chi connectivity index (χ0v) is 15.0. The van der Waals surface area contributed by atoms with Crippen LogP contribution < -0.4 is 10.6 Å². The van der Waals surface area contributed by atoms with E-state index in [-0.39, 0.29) is 11.9 Å². The van der Waals surface area contributed by atoms with Gasteiger partial charge in [-0.05, 0) is 18.9 Å². The molecule has 2 N–H and O–H groups in total. The van der Waals surface area contributed by atoms with Gasteiger partial charge >= 0.3 is 6.03 Å². The third kappa shape index (κ3) is 3.45. The van der Waals surface area contributed by atoms with Gasteiger partial charge in [0, 0.05) is 20.1 Å². The van der Waals surface area contributed by atoms with Crippen molar-refractivity contribution in [2.45, 2.75) is 45.4 Å². The van der Waals surface area contributed by atoms with Crippen LogP contribution >= 0.6 is 0 Å². The highest BCUT2D eigenvalue weighted by Crippen LogP contribution is 2.23. The normalized spacial score (nSPS) is 24.4. The van der Waals surface area contributed by atoms with Gasteiger partial charge in [-0.1, -0.05) is 43.2 Å². The summed E-state index contributed by atoms with van der Waals surface area (Å²) in [4.78, 5) is 32.5. The van der Waals surface area contributed by atoms with Crippen LogP contribution in [0, 0.1) is 6.92 Å². The summed E-state index contributed by atoms with van der Waals surface area (Å²) in [6.45, 7) is 5.43. The SMILES string of the molecule is CCCCN=C1NC2C(C(=O)NC(=O)N2C)N1Cc1cccc(C)c1. The van der Waals surface area contributed by atoms with Crippen molar-refractivity contribution in [2.75, 3.05) is 13.6 Å². The van der Waals surface area contributed by atoms with E-state index in [4.69, 9.17) is 0 Å². The molecule has 0 aliphatic carbocycles. The predicted molar refractivity (Wildman–Crippen MR) is 95.9 cm³/mol. The smallest absolute Gasteiger partial charge is 0.325 e. The number of carbonyl (C=O) groups excluding carboxylic acids is 2. The first-order valence-corrected chi connectivity index (χ1v) is 8.72. The number of nitrogens with one attached hydrogen (secondary N) is 2. The predicted octanol–water partition coefficient (Wildman–Crippen LogP) is 1.43. The molecule has 7 nitrogen and oxygen atoms in total. The Morgan fingerprint density at radius 2 is 2.08 bits per heavy atom. The average Bonchev–Trinajstić information content (AvgIpc) is 2.92. The van der Waals surface area contributed by atoms with Crippen LogP contribution in [0.25, 0.3) is 0 Å². The van der Waals surface area contributed by atoms with Gasteiger partial charge in [0.1, 0.15) is 6.17 Å². The van der Waals surface area contributed by atoms with Crippen LogP contribution in [-0.2, 0) is 11.3 Å². The van der Waals surface area contributed by atoms with Crippen molar-refractivity contribution in [1.29, 1.82) is 0 Å². The molecule has 3 rings (SSSR count). The number of amides is 3. The molecule has 1 aromatic carbocycles. The standard InChI is InChI=1S/C18H25N5O2/c1-4-5-9-19-17-20-15-14(16(24)21-18(25)22(15)3)23(17)11-13-8-6-7-12(2)10-13/h6-8,10,14-15H,4-5,9,11H2,1-3H3,(H,19,20)(H,21,24,25). The van der Waals surface area contributed by atoms with Crippen LogP contribution in [0.5, 0.6) is 0 Å². The van der Waals surface area contributed by atoms with E-state index < -0.39 is 12.2 Å². The molecule has 2 saturated heterocycles. The van der Waals surface area contributed by atoms with Crippen LogP contribution in [0.15, 0.2) is 29.3 Å². The van der Waals surface area contributed by atoms with E-state index in [2.05, 4.69) is 28.6 Å². The van der Waals surface area contributed by atoms with Crippen molar-refractivity contribution in [3.63, 3.8) is 0 Å². The van der Waals surface area contributed by atoms with Gasteiger partial charge in [-0.2, -0.15) is 0 Å². The van der Waals surface area contributed by atoms with Crippen molar-refractivity contribution >= 4 is 17.9 Å². The van der Waals surface area contributed by atoms with Gasteiger partial charge in [-0.15, -0.1) is 0 Å². The Balaban J connectivity index is 1.90. The number of imide groups is 1. The fraction of sp³-hybridized carbons (Fsp3) is 0.500. The zero-order valence-electron chi connectivity index (χ0n) is 15.0. The lowest BCUT2D eigenvalue weighted by Gasteiger charge is -2.35. The first-order chi connectivity index (χ1) is 12.0. The molecule has 0 aromatic heterocycles. The van der Waals surface area contributed by atoms with Crippen molar-refractivity contribution in [3.8, 4) is 0 Å². The molecule has 2 atom stereocenters. The first-order valence-electron chi connectivity index (χ1n) is 8.72. The second-order valence-electron chi connectivity index (χ2n) is 6.62. The van der Waals surface area contributed by atoms with E-state index in [0.29, 0.717) is 19.0 Å². The van der Waals surface area contributed by atoms with Gasteiger partial charge in [0.05, 0.1) is 0 Å². The molecule has 25 heavy (non-hydrogen) atoms. The van der Waals surface area contributed by atoms with E-state index in [1.54, 1.807) is 7.05 Å². The third-order valence-corrected chi connectivity index (χ3v) is 4.63. The minimum Gasteiger partial charge on any atom is -0.333 e. The summed E-state index contributed by atoms with van der Waals surface area (Å²) in [5, 5.41) is 5.69. The summed E-state index contributed by atoms with van der Waals surface area (Å²) in [5.41, 5.74) is 2.28. The summed E-state index contributed by atoms with van der Waals surface area (Å²) < 4.78 is 0. The molecular formula is C18H25N5O2. The van der Waals surface area contributed by atoms with E-state index in [9.17, 15) is 9.59 Å². The molecule has 2 heterocycles. The fourth-order valence-electron chi connectivity index (χ4n) is 3.24. The van der Waals surface area contributed by atoms with Crippen LogP contribution in [0.3, 0.4) is 0 Å². The van der Waals surface area contributed by atoms with Gasteiger partial charge in [-0.25, -0.2) is 4.79 Å². The number of rotatable bonds is 5. The minimum absolute atomic E-state index is 0.283. The lowest BCUT2D eigenvalue weighted by Crippen LogP contribution is -2.64. The van der Waals surface area contributed by atoms with Crippen LogP contribution in [0.4, 0.5) is 4.79 Å². The number of aliphatic imine (C=N–C) groups is 1. The van der Waals surface area contributed by atoms with Gasteiger partial charge in [0.2, 0.25) is 0 Å². The molecule has 0 bridgehead atoms. The molecule has 0 radical (unpaired) electrons. The van der Waals surface area contributed by atoms with Crippen LogP contribution in [-0.4, -0.2) is 53.5 Å². The number of benzene rings is 1. The number of fused-ring (bicyclic) bond motifs is 1. The molecule has 2 aliphatic heterocycles. The highest BCUT2D eigenvalue weighted by molar-refractivity contribution is 6.04. The number of carbonyl (C=O) groups is 2. The molecule has 2 fully saturated rings. The van der Waals surface area contributed by atoms with Crippen molar-refractivity contribution in [3.05, 3.63) is 35.4 Å². The zero-order chi connectivity index (χ0) is 18.0. The number of likely N-dealkylation sites (N-methyl/N-ethyl adjacent to an activating group) is 1.